The summed E-state index contributed by atoms with van der Waals surface area (Å²) in [6.07, 6.45) is 4.26. The lowest BCUT2D eigenvalue weighted by Gasteiger charge is -1.98. The maximum absolute atomic E-state index is 10.8. The lowest BCUT2D eigenvalue weighted by atomic mass is 10.1. The minimum Gasteiger partial charge on any atom is -0.478 e. The van der Waals surface area contributed by atoms with E-state index in [2.05, 4.69) is 24.3 Å². The molecule has 1 fully saturated rings. The van der Waals surface area contributed by atoms with Gasteiger partial charge >= 0.3 is 5.97 Å². The summed E-state index contributed by atoms with van der Waals surface area (Å²) in [6, 6.07) is 15.1. The molecular formula is C17H14O3. The summed E-state index contributed by atoms with van der Waals surface area (Å²) >= 11 is 0. The molecule has 2 aromatic carbocycles. The molecule has 3 nitrogen and oxygen atoms in total. The minimum atomic E-state index is -0.904. The summed E-state index contributed by atoms with van der Waals surface area (Å²) in [5.41, 5.74) is 3.60. The van der Waals surface area contributed by atoms with Crippen molar-refractivity contribution in [2.45, 2.75) is 6.10 Å². The normalized spacial score (nSPS) is 17.3. The van der Waals surface area contributed by atoms with Gasteiger partial charge in [-0.3, -0.25) is 0 Å². The molecule has 1 atom stereocenters. The maximum atomic E-state index is 10.8. The third-order valence-corrected chi connectivity index (χ3v) is 3.27. The molecule has 1 aliphatic rings. The van der Waals surface area contributed by atoms with Crippen LogP contribution in [0.3, 0.4) is 0 Å². The molecule has 0 aromatic heterocycles. The fourth-order valence-corrected chi connectivity index (χ4v) is 1.99. The molecule has 0 aliphatic carbocycles. The summed E-state index contributed by atoms with van der Waals surface area (Å²) in [7, 11) is 0. The van der Waals surface area contributed by atoms with E-state index in [1.165, 1.54) is 5.56 Å². The van der Waals surface area contributed by atoms with Gasteiger partial charge in [0.05, 0.1) is 12.2 Å². The van der Waals surface area contributed by atoms with Crippen LogP contribution in [0.15, 0.2) is 48.5 Å². The Hall–Kier alpha value is -2.39. The van der Waals surface area contributed by atoms with Gasteiger partial charge in [0, 0.05) is 0 Å². The van der Waals surface area contributed by atoms with Crippen molar-refractivity contribution >= 4 is 18.1 Å². The van der Waals surface area contributed by atoms with E-state index in [0.29, 0.717) is 5.56 Å². The van der Waals surface area contributed by atoms with Crippen molar-refractivity contribution in [3.63, 3.8) is 0 Å². The van der Waals surface area contributed by atoms with Gasteiger partial charge in [-0.2, -0.15) is 0 Å². The monoisotopic (exact) mass is 266 g/mol. The number of hydrogen-bond donors (Lipinski definition) is 1. The first-order valence-electron chi connectivity index (χ1n) is 6.45. The standard InChI is InChI=1S/C17H14O3/c18-17(19)15-9-5-13(6-10-15)2-1-12-3-7-14(8-4-12)16-11-20-16/h1-10,16H,11H2,(H,18,19)/b2-1+. The SMILES string of the molecule is O=C(O)c1ccc(/C=C/c2ccc(C3CO3)cc2)cc1. The molecule has 3 rings (SSSR count). The largest absolute Gasteiger partial charge is 0.478 e. The van der Waals surface area contributed by atoms with Crippen molar-refractivity contribution in [1.29, 1.82) is 0 Å². The van der Waals surface area contributed by atoms with Gasteiger partial charge in [0.25, 0.3) is 0 Å². The van der Waals surface area contributed by atoms with Crippen LogP contribution in [-0.4, -0.2) is 17.7 Å². The van der Waals surface area contributed by atoms with E-state index in [9.17, 15) is 4.79 Å². The van der Waals surface area contributed by atoms with Crippen molar-refractivity contribution in [2.75, 3.05) is 6.61 Å². The first-order valence-corrected chi connectivity index (χ1v) is 6.45. The Balaban J connectivity index is 1.70. The first-order chi connectivity index (χ1) is 9.72. The molecule has 2 aromatic rings. The topological polar surface area (TPSA) is 49.8 Å². The number of epoxide rings is 1. The van der Waals surface area contributed by atoms with E-state index in [4.69, 9.17) is 9.84 Å². The van der Waals surface area contributed by atoms with Crippen LogP contribution in [0.25, 0.3) is 12.2 Å². The zero-order valence-electron chi connectivity index (χ0n) is 10.8. The summed E-state index contributed by atoms with van der Waals surface area (Å²) in [6.45, 7) is 0.825. The predicted octanol–water partition coefficient (Wildman–Crippen LogP) is 3.63. The predicted molar refractivity (Wildman–Crippen MR) is 77.5 cm³/mol. The van der Waals surface area contributed by atoms with Crippen LogP contribution in [0, 0.1) is 0 Å². The highest BCUT2D eigenvalue weighted by atomic mass is 16.6. The van der Waals surface area contributed by atoms with Crippen LogP contribution < -0.4 is 0 Å². The first kappa shape index (κ1) is 12.6. The van der Waals surface area contributed by atoms with Crippen molar-refractivity contribution < 1.29 is 14.6 Å². The number of hydrogen-bond acceptors (Lipinski definition) is 2. The lowest BCUT2D eigenvalue weighted by molar-refractivity contribution is 0.0697. The molecule has 1 saturated heterocycles. The van der Waals surface area contributed by atoms with E-state index < -0.39 is 5.97 Å². The van der Waals surface area contributed by atoms with Crippen LogP contribution in [0.5, 0.6) is 0 Å². The highest BCUT2D eigenvalue weighted by molar-refractivity contribution is 5.88. The Labute approximate surface area is 117 Å². The van der Waals surface area contributed by atoms with Gasteiger partial charge in [0.1, 0.15) is 6.10 Å². The van der Waals surface area contributed by atoms with Crippen molar-refractivity contribution in [3.05, 3.63) is 70.8 Å². The second-order valence-corrected chi connectivity index (χ2v) is 4.75. The fraction of sp³-hybridized carbons (Fsp3) is 0.118. The molecule has 1 N–H and O–H groups in total. The summed E-state index contributed by atoms with van der Waals surface area (Å²) in [5, 5.41) is 8.83. The Morgan fingerprint density at radius 1 is 1.00 bits per heavy atom. The van der Waals surface area contributed by atoms with Crippen molar-refractivity contribution in [3.8, 4) is 0 Å². The Morgan fingerprint density at radius 2 is 1.50 bits per heavy atom. The van der Waals surface area contributed by atoms with E-state index in [1.54, 1.807) is 24.3 Å². The lowest BCUT2D eigenvalue weighted by Crippen LogP contribution is -1.94. The quantitative estimate of drug-likeness (QED) is 0.679. The van der Waals surface area contributed by atoms with Gasteiger partial charge < -0.3 is 9.84 Å². The third-order valence-electron chi connectivity index (χ3n) is 3.27. The maximum Gasteiger partial charge on any atom is 0.335 e. The van der Waals surface area contributed by atoms with Crippen molar-refractivity contribution in [1.82, 2.24) is 0 Å². The molecule has 20 heavy (non-hydrogen) atoms. The summed E-state index contributed by atoms with van der Waals surface area (Å²) in [5.74, 6) is -0.904. The van der Waals surface area contributed by atoms with Crippen molar-refractivity contribution in [2.24, 2.45) is 0 Å². The summed E-state index contributed by atoms with van der Waals surface area (Å²) in [4.78, 5) is 10.8. The highest BCUT2D eigenvalue weighted by Gasteiger charge is 2.23. The molecule has 1 heterocycles. The second kappa shape index (κ2) is 5.31. The Bertz CT molecular complexity index is 635. The zero-order chi connectivity index (χ0) is 13.9. The third kappa shape index (κ3) is 2.95. The Morgan fingerprint density at radius 3 is 1.95 bits per heavy atom. The molecule has 0 bridgehead atoms. The molecule has 100 valence electrons. The molecule has 0 radical (unpaired) electrons. The summed E-state index contributed by atoms with van der Waals surface area (Å²) < 4.78 is 5.23. The van der Waals surface area contributed by atoms with Gasteiger partial charge in [-0.1, -0.05) is 48.6 Å². The number of carboxylic acid groups (broad SMARTS) is 1. The van der Waals surface area contributed by atoms with Crippen LogP contribution in [0.4, 0.5) is 0 Å². The van der Waals surface area contributed by atoms with Crippen LogP contribution >= 0.6 is 0 Å². The number of carboxylic acids is 1. The number of aromatic carboxylic acids is 1. The average molecular weight is 266 g/mol. The minimum absolute atomic E-state index is 0.289. The molecule has 0 saturated carbocycles. The Kier molecular flexibility index (Phi) is 3.35. The van der Waals surface area contributed by atoms with E-state index in [1.807, 2.05) is 12.2 Å². The molecule has 3 heteroatoms. The van der Waals surface area contributed by atoms with E-state index in [0.717, 1.165) is 17.7 Å². The number of ether oxygens (including phenoxy) is 1. The van der Waals surface area contributed by atoms with Crippen LogP contribution in [-0.2, 0) is 4.74 Å². The van der Waals surface area contributed by atoms with Crippen LogP contribution in [0.2, 0.25) is 0 Å². The van der Waals surface area contributed by atoms with E-state index in [-0.39, 0.29) is 6.10 Å². The number of carbonyl (C=O) groups is 1. The smallest absolute Gasteiger partial charge is 0.335 e. The number of rotatable bonds is 4. The van der Waals surface area contributed by atoms with Gasteiger partial charge in [-0.15, -0.1) is 0 Å². The molecule has 0 amide bonds. The zero-order valence-corrected chi connectivity index (χ0v) is 10.8. The van der Waals surface area contributed by atoms with Crippen LogP contribution in [0.1, 0.15) is 33.2 Å². The molecule has 1 aliphatic heterocycles. The molecule has 0 spiro atoms. The second-order valence-electron chi connectivity index (χ2n) is 4.75. The average Bonchev–Trinajstić information content (AvgIpc) is 3.31. The van der Waals surface area contributed by atoms with Gasteiger partial charge in [-0.05, 0) is 28.8 Å². The van der Waals surface area contributed by atoms with Gasteiger partial charge in [0.15, 0.2) is 0 Å². The fourth-order valence-electron chi connectivity index (χ4n) is 1.99. The van der Waals surface area contributed by atoms with Gasteiger partial charge in [0.2, 0.25) is 0 Å². The molecule has 1 unspecified atom stereocenters. The highest BCUT2D eigenvalue weighted by Crippen LogP contribution is 2.29. The number of benzene rings is 2. The van der Waals surface area contributed by atoms with E-state index >= 15 is 0 Å². The molecular weight excluding hydrogens is 252 g/mol. The van der Waals surface area contributed by atoms with Gasteiger partial charge in [-0.25, -0.2) is 4.79 Å².